The third-order valence-corrected chi connectivity index (χ3v) is 7.73. The first kappa shape index (κ1) is 15.0. The van der Waals surface area contributed by atoms with Gasteiger partial charge in [0, 0.05) is 18.6 Å². The summed E-state index contributed by atoms with van der Waals surface area (Å²) in [6.45, 7) is 4.05. The molecule has 22 heavy (non-hydrogen) atoms. The smallest absolute Gasteiger partial charge is 0.291 e. The van der Waals surface area contributed by atoms with Gasteiger partial charge in [0.05, 0.1) is 0 Å². The zero-order valence-corrected chi connectivity index (χ0v) is 14.5. The van der Waals surface area contributed by atoms with Crippen LogP contribution in [-0.2, 0) is 9.53 Å². The molecule has 1 N–H and O–H groups in total. The number of carbonyl (C=O) groups is 1. The quantitative estimate of drug-likeness (QED) is 0.867. The average molecular weight is 322 g/mol. The third-order valence-electron chi connectivity index (χ3n) is 6.22. The number of hydrogen-bond acceptors (Lipinski definition) is 4. The Morgan fingerprint density at radius 3 is 2.14 bits per heavy atom. The van der Waals surface area contributed by atoms with Gasteiger partial charge in [-0.3, -0.25) is 4.79 Å². The molecule has 1 unspecified atom stereocenters. The second-order valence-corrected chi connectivity index (χ2v) is 9.37. The van der Waals surface area contributed by atoms with Gasteiger partial charge < -0.3 is 10.1 Å². The van der Waals surface area contributed by atoms with Crippen LogP contribution >= 0.6 is 11.8 Å². The largest absolute Gasteiger partial charge is 0.359 e. The number of thioether (sulfide) groups is 1. The van der Waals surface area contributed by atoms with Crippen molar-refractivity contribution in [2.24, 2.45) is 28.7 Å². The molecule has 4 nitrogen and oxygen atoms in total. The lowest BCUT2D eigenvalue weighted by molar-refractivity contribution is -0.132. The van der Waals surface area contributed by atoms with Crippen molar-refractivity contribution >= 4 is 22.8 Å². The number of amidine groups is 1. The maximum absolute atomic E-state index is 12.4. The number of hydrogen-bond donors (Lipinski definition) is 1. The number of rotatable bonds is 3. The van der Waals surface area contributed by atoms with E-state index in [1.165, 1.54) is 50.3 Å². The molecule has 1 atom stereocenters. The first-order chi connectivity index (χ1) is 10.4. The first-order valence-corrected chi connectivity index (χ1v) is 9.42. The summed E-state index contributed by atoms with van der Waals surface area (Å²) in [7, 11) is 1.62. The van der Waals surface area contributed by atoms with Crippen LogP contribution < -0.4 is 5.32 Å². The van der Waals surface area contributed by atoms with E-state index in [1.807, 2.05) is 13.8 Å². The monoisotopic (exact) mass is 322 g/mol. The van der Waals surface area contributed by atoms with Crippen LogP contribution in [0.5, 0.6) is 0 Å². The van der Waals surface area contributed by atoms with Crippen molar-refractivity contribution in [3.05, 3.63) is 0 Å². The highest BCUT2D eigenvalue weighted by atomic mass is 32.2. The lowest BCUT2D eigenvalue weighted by atomic mass is 9.53. The van der Waals surface area contributed by atoms with Gasteiger partial charge in [-0.15, -0.1) is 0 Å². The summed E-state index contributed by atoms with van der Waals surface area (Å²) in [4.78, 5) is 15.9. The Bertz CT molecular complexity index is 495. The molecule has 1 aliphatic heterocycles. The third kappa shape index (κ3) is 2.15. The molecule has 4 saturated carbocycles. The van der Waals surface area contributed by atoms with Crippen LogP contribution in [0.25, 0.3) is 0 Å². The van der Waals surface area contributed by atoms with E-state index in [0.717, 1.165) is 22.9 Å². The van der Waals surface area contributed by atoms with Gasteiger partial charge in [-0.2, -0.15) is 4.99 Å². The second-order valence-electron chi connectivity index (χ2n) is 8.17. The maximum atomic E-state index is 12.4. The average Bonchev–Trinajstić information content (AvgIpc) is 2.73. The normalized spacial score (nSPS) is 46.5. The van der Waals surface area contributed by atoms with E-state index >= 15 is 0 Å². The Kier molecular flexibility index (Phi) is 3.39. The van der Waals surface area contributed by atoms with Crippen LogP contribution in [0.15, 0.2) is 4.99 Å². The fourth-order valence-corrected chi connectivity index (χ4v) is 6.79. The zero-order valence-electron chi connectivity index (χ0n) is 13.7. The van der Waals surface area contributed by atoms with E-state index in [9.17, 15) is 4.79 Å². The van der Waals surface area contributed by atoms with Gasteiger partial charge in [0.1, 0.15) is 0 Å². The minimum atomic E-state index is -0.829. The van der Waals surface area contributed by atoms with Gasteiger partial charge in [-0.25, -0.2) is 0 Å². The highest BCUT2D eigenvalue weighted by molar-refractivity contribution is 8.16. The van der Waals surface area contributed by atoms with Crippen LogP contribution in [0.4, 0.5) is 0 Å². The molecule has 0 aromatic rings. The Morgan fingerprint density at radius 2 is 1.73 bits per heavy atom. The molecule has 0 saturated heterocycles. The molecule has 1 heterocycles. The summed E-state index contributed by atoms with van der Waals surface area (Å²) in [6.07, 6.45) is 8.05. The van der Waals surface area contributed by atoms with E-state index in [1.54, 1.807) is 7.11 Å². The predicted molar refractivity (Wildman–Crippen MR) is 88.6 cm³/mol. The van der Waals surface area contributed by atoms with Crippen LogP contribution in [0, 0.1) is 23.7 Å². The van der Waals surface area contributed by atoms with E-state index in [0.29, 0.717) is 0 Å². The summed E-state index contributed by atoms with van der Waals surface area (Å²) in [5.41, 5.74) is 0.196. The summed E-state index contributed by atoms with van der Waals surface area (Å²) in [5, 5.41) is 4.50. The van der Waals surface area contributed by atoms with Crippen molar-refractivity contribution in [3.63, 3.8) is 0 Å². The number of amides is 1. The number of methoxy groups -OCH3 is 1. The van der Waals surface area contributed by atoms with Crippen molar-refractivity contribution in [3.8, 4) is 0 Å². The SMILES string of the molecule is COC1(C(C)C)SC(NC23CC4CC(CC(C4)C2)C3)=NC1=O. The molecule has 0 aromatic heterocycles. The topological polar surface area (TPSA) is 50.7 Å². The van der Waals surface area contributed by atoms with Crippen molar-refractivity contribution in [1.82, 2.24) is 5.32 Å². The minimum absolute atomic E-state index is 0.106. The van der Waals surface area contributed by atoms with Gasteiger partial charge in [0.2, 0.25) is 4.93 Å². The van der Waals surface area contributed by atoms with Gasteiger partial charge >= 0.3 is 0 Å². The molecule has 0 radical (unpaired) electrons. The molecule has 122 valence electrons. The molecule has 5 rings (SSSR count). The summed E-state index contributed by atoms with van der Waals surface area (Å²) < 4.78 is 5.58. The van der Waals surface area contributed by atoms with Crippen LogP contribution in [0.2, 0.25) is 0 Å². The molecule has 4 bridgehead atoms. The van der Waals surface area contributed by atoms with Gasteiger partial charge in [0.25, 0.3) is 5.91 Å². The van der Waals surface area contributed by atoms with Gasteiger partial charge in [0.15, 0.2) is 5.17 Å². The van der Waals surface area contributed by atoms with Gasteiger partial charge in [-0.05, 0) is 68.0 Å². The number of aliphatic imine (C=N–C) groups is 1. The Morgan fingerprint density at radius 1 is 1.18 bits per heavy atom. The predicted octanol–water partition coefficient (Wildman–Crippen LogP) is 3.17. The highest BCUT2D eigenvalue weighted by Crippen LogP contribution is 2.56. The summed E-state index contributed by atoms with van der Waals surface area (Å²) in [5.74, 6) is 2.63. The molecule has 0 aromatic carbocycles. The molecule has 5 aliphatic rings. The lowest BCUT2D eigenvalue weighted by Gasteiger charge is -2.57. The van der Waals surface area contributed by atoms with Crippen LogP contribution in [-0.4, -0.2) is 28.7 Å². The maximum Gasteiger partial charge on any atom is 0.291 e. The second kappa shape index (κ2) is 4.97. The van der Waals surface area contributed by atoms with Crippen molar-refractivity contribution in [2.75, 3.05) is 7.11 Å². The standard InChI is InChI=1S/C17H26N2O2S/c1-10(2)17(21-3)14(20)18-15(22-17)19-16-7-11-4-12(8-16)6-13(5-11)9-16/h10-13H,4-9H2,1-3H3,(H,18,19,20). The van der Waals surface area contributed by atoms with E-state index in [4.69, 9.17) is 4.74 Å². The van der Waals surface area contributed by atoms with Crippen LogP contribution in [0.1, 0.15) is 52.4 Å². The minimum Gasteiger partial charge on any atom is -0.359 e. The lowest BCUT2D eigenvalue weighted by Crippen LogP contribution is -2.59. The summed E-state index contributed by atoms with van der Waals surface area (Å²) >= 11 is 1.49. The molecule has 1 amide bonds. The zero-order chi connectivity index (χ0) is 15.5. The van der Waals surface area contributed by atoms with Crippen molar-refractivity contribution in [2.45, 2.75) is 62.8 Å². The first-order valence-electron chi connectivity index (χ1n) is 8.60. The molecule has 0 spiro atoms. The van der Waals surface area contributed by atoms with E-state index < -0.39 is 4.93 Å². The Labute approximate surface area is 136 Å². The molecule has 4 aliphatic carbocycles. The Balaban J connectivity index is 1.53. The van der Waals surface area contributed by atoms with E-state index in [2.05, 4.69) is 10.3 Å². The number of nitrogens with zero attached hydrogens (tertiary/aromatic N) is 1. The molecule has 5 heteroatoms. The summed E-state index contributed by atoms with van der Waals surface area (Å²) in [6, 6.07) is 0. The number of nitrogens with one attached hydrogen (secondary N) is 1. The highest BCUT2D eigenvalue weighted by Gasteiger charge is 2.54. The van der Waals surface area contributed by atoms with Crippen LogP contribution in [0.3, 0.4) is 0 Å². The number of ether oxygens (including phenoxy) is 1. The van der Waals surface area contributed by atoms with Gasteiger partial charge in [-0.1, -0.05) is 13.8 Å². The Hall–Kier alpha value is -0.550. The number of carbonyl (C=O) groups excluding carboxylic acids is 1. The fraction of sp³-hybridized carbons (Fsp3) is 0.882. The molecular weight excluding hydrogens is 296 g/mol. The molecule has 4 fully saturated rings. The van der Waals surface area contributed by atoms with E-state index in [-0.39, 0.29) is 17.4 Å². The van der Waals surface area contributed by atoms with Crippen molar-refractivity contribution in [1.29, 1.82) is 0 Å². The van der Waals surface area contributed by atoms with Crippen molar-refractivity contribution < 1.29 is 9.53 Å². The molecular formula is C17H26N2O2S. The fourth-order valence-electron chi connectivity index (χ4n) is 5.65.